The fraction of sp³-hybridized carbons (Fsp3) is 0.500. The molecular weight excluding hydrogens is 384 g/mol. The summed E-state index contributed by atoms with van der Waals surface area (Å²) in [5.74, 6) is 0. The number of ether oxygens (including phenoxy) is 3. The van der Waals surface area contributed by atoms with E-state index in [0.717, 1.165) is 29.9 Å². The monoisotopic (exact) mass is 414 g/mol. The third-order valence-electron chi connectivity index (χ3n) is 6.22. The number of hydrogen-bond acceptors (Lipinski definition) is 5. The summed E-state index contributed by atoms with van der Waals surface area (Å²) in [7, 11) is 1.80. The molecule has 0 aromatic heterocycles. The van der Waals surface area contributed by atoms with Crippen LogP contribution < -0.4 is 0 Å². The first-order valence-corrected chi connectivity index (χ1v) is 11.2. The van der Waals surface area contributed by atoms with Crippen molar-refractivity contribution in [3.8, 4) is 0 Å². The Hall–Kier alpha value is -1.37. The molecule has 2 fully saturated rings. The molecule has 1 unspecified atom stereocenters. The van der Waals surface area contributed by atoms with Gasteiger partial charge in [0, 0.05) is 55.8 Å². The number of aliphatic hydroxyl groups is 1. The van der Waals surface area contributed by atoms with E-state index in [0.29, 0.717) is 26.1 Å². The average molecular weight is 415 g/mol. The molecule has 5 heteroatoms. The van der Waals surface area contributed by atoms with E-state index in [4.69, 9.17) is 14.2 Å². The highest BCUT2D eigenvalue weighted by atomic mass is 32.2. The SMILES string of the molecule is CO[C@]1(c2cccc(Sc3ccc(C4(O)CCOCC4)cc3)c2)CCOC(C)C1. The predicted molar refractivity (Wildman–Crippen MR) is 114 cm³/mol. The van der Waals surface area contributed by atoms with Gasteiger partial charge in [0.15, 0.2) is 0 Å². The molecule has 2 aromatic carbocycles. The van der Waals surface area contributed by atoms with E-state index < -0.39 is 5.60 Å². The number of methoxy groups -OCH3 is 1. The van der Waals surface area contributed by atoms with Gasteiger partial charge in [-0.15, -0.1) is 0 Å². The van der Waals surface area contributed by atoms with E-state index in [-0.39, 0.29) is 11.7 Å². The Labute approximate surface area is 177 Å². The zero-order chi connectivity index (χ0) is 20.3. The highest BCUT2D eigenvalue weighted by molar-refractivity contribution is 7.99. The van der Waals surface area contributed by atoms with E-state index in [1.54, 1.807) is 18.9 Å². The van der Waals surface area contributed by atoms with Gasteiger partial charge in [-0.2, -0.15) is 0 Å². The topological polar surface area (TPSA) is 47.9 Å². The van der Waals surface area contributed by atoms with Crippen molar-refractivity contribution in [2.75, 3.05) is 26.9 Å². The van der Waals surface area contributed by atoms with Crippen molar-refractivity contribution in [2.24, 2.45) is 0 Å². The highest BCUT2D eigenvalue weighted by Crippen LogP contribution is 2.40. The summed E-state index contributed by atoms with van der Waals surface area (Å²) >= 11 is 1.74. The lowest BCUT2D eigenvalue weighted by Crippen LogP contribution is -2.39. The van der Waals surface area contributed by atoms with Gasteiger partial charge in [0.1, 0.15) is 0 Å². The maximum Gasteiger partial charge on any atom is 0.0974 e. The number of benzene rings is 2. The van der Waals surface area contributed by atoms with Gasteiger partial charge < -0.3 is 19.3 Å². The van der Waals surface area contributed by atoms with Crippen LogP contribution >= 0.6 is 11.8 Å². The van der Waals surface area contributed by atoms with Gasteiger partial charge >= 0.3 is 0 Å². The van der Waals surface area contributed by atoms with Crippen LogP contribution in [0.2, 0.25) is 0 Å². The first kappa shape index (κ1) is 20.9. The van der Waals surface area contributed by atoms with Crippen LogP contribution in [-0.4, -0.2) is 38.1 Å². The predicted octanol–water partition coefficient (Wildman–Crippen LogP) is 4.88. The lowest BCUT2D eigenvalue weighted by molar-refractivity contribution is -0.122. The molecule has 2 atom stereocenters. The second-order valence-electron chi connectivity index (χ2n) is 8.13. The number of hydrogen-bond donors (Lipinski definition) is 1. The molecule has 2 heterocycles. The second kappa shape index (κ2) is 8.78. The summed E-state index contributed by atoms with van der Waals surface area (Å²) in [6.07, 6.45) is 3.25. The molecule has 2 aliphatic heterocycles. The molecule has 156 valence electrons. The Bertz CT molecular complexity index is 816. The van der Waals surface area contributed by atoms with Crippen molar-refractivity contribution in [3.63, 3.8) is 0 Å². The third kappa shape index (κ3) is 4.54. The number of rotatable bonds is 5. The third-order valence-corrected chi connectivity index (χ3v) is 7.22. The van der Waals surface area contributed by atoms with Gasteiger partial charge in [-0.05, 0) is 42.3 Å². The van der Waals surface area contributed by atoms with Crippen LogP contribution in [-0.2, 0) is 25.4 Å². The fourth-order valence-corrected chi connectivity index (χ4v) is 5.30. The molecule has 4 nitrogen and oxygen atoms in total. The molecule has 29 heavy (non-hydrogen) atoms. The van der Waals surface area contributed by atoms with Crippen LogP contribution in [0.15, 0.2) is 58.3 Å². The van der Waals surface area contributed by atoms with Crippen molar-refractivity contribution in [1.82, 2.24) is 0 Å². The largest absolute Gasteiger partial charge is 0.385 e. The first-order chi connectivity index (χ1) is 14.0. The molecule has 2 aromatic rings. The molecular formula is C24H30O4S. The van der Waals surface area contributed by atoms with Crippen LogP contribution in [0.4, 0.5) is 0 Å². The Morgan fingerprint density at radius 2 is 1.72 bits per heavy atom. The Morgan fingerprint density at radius 1 is 0.966 bits per heavy atom. The smallest absolute Gasteiger partial charge is 0.0974 e. The van der Waals surface area contributed by atoms with Crippen LogP contribution in [0.3, 0.4) is 0 Å². The quantitative estimate of drug-likeness (QED) is 0.756. The van der Waals surface area contributed by atoms with Gasteiger partial charge in [-0.3, -0.25) is 0 Å². The molecule has 0 aliphatic carbocycles. The zero-order valence-electron chi connectivity index (χ0n) is 17.2. The Balaban J connectivity index is 1.51. The van der Waals surface area contributed by atoms with E-state index in [1.165, 1.54) is 10.5 Å². The second-order valence-corrected chi connectivity index (χ2v) is 9.28. The van der Waals surface area contributed by atoms with Crippen LogP contribution in [0.1, 0.15) is 43.7 Å². The molecule has 0 spiro atoms. The van der Waals surface area contributed by atoms with Crippen molar-refractivity contribution in [3.05, 3.63) is 59.7 Å². The standard InChI is InChI=1S/C24H30O4S/c1-18-17-24(26-2,12-15-28-18)20-4-3-5-22(16-20)29-21-8-6-19(7-9-21)23(25)10-13-27-14-11-23/h3-9,16,18,25H,10-15,17H2,1-2H3/t18?,24-/m1/s1. The summed E-state index contributed by atoms with van der Waals surface area (Å²) in [5.41, 5.74) is 1.16. The molecule has 0 amide bonds. The molecule has 0 radical (unpaired) electrons. The normalized spacial score (nSPS) is 26.9. The lowest BCUT2D eigenvalue weighted by atomic mass is 9.84. The minimum absolute atomic E-state index is 0.198. The molecule has 2 aliphatic rings. The average Bonchev–Trinajstić information content (AvgIpc) is 2.75. The van der Waals surface area contributed by atoms with Gasteiger partial charge in [-0.1, -0.05) is 36.0 Å². The molecule has 0 saturated carbocycles. The first-order valence-electron chi connectivity index (χ1n) is 10.4. The Kier molecular flexibility index (Phi) is 6.32. The zero-order valence-corrected chi connectivity index (χ0v) is 18.0. The Morgan fingerprint density at radius 3 is 2.41 bits per heavy atom. The molecule has 0 bridgehead atoms. The lowest BCUT2D eigenvalue weighted by Gasteiger charge is -2.39. The fourth-order valence-electron chi connectivity index (χ4n) is 4.43. The van der Waals surface area contributed by atoms with Crippen LogP contribution in [0, 0.1) is 0 Å². The molecule has 4 rings (SSSR count). The van der Waals surface area contributed by atoms with E-state index in [9.17, 15) is 5.11 Å². The summed E-state index contributed by atoms with van der Waals surface area (Å²) < 4.78 is 17.1. The molecule has 2 saturated heterocycles. The van der Waals surface area contributed by atoms with E-state index in [2.05, 4.69) is 43.3 Å². The van der Waals surface area contributed by atoms with Crippen molar-refractivity contribution in [1.29, 1.82) is 0 Å². The molecule has 1 N–H and O–H groups in total. The van der Waals surface area contributed by atoms with Crippen LogP contribution in [0.5, 0.6) is 0 Å². The van der Waals surface area contributed by atoms with E-state index in [1.807, 2.05) is 12.1 Å². The summed E-state index contributed by atoms with van der Waals surface area (Å²) in [4.78, 5) is 2.35. The summed E-state index contributed by atoms with van der Waals surface area (Å²) in [6, 6.07) is 17.0. The summed E-state index contributed by atoms with van der Waals surface area (Å²) in [5, 5.41) is 10.9. The van der Waals surface area contributed by atoms with Gasteiger partial charge in [0.25, 0.3) is 0 Å². The van der Waals surface area contributed by atoms with Gasteiger partial charge in [0.2, 0.25) is 0 Å². The summed E-state index contributed by atoms with van der Waals surface area (Å²) in [6.45, 7) is 4.07. The van der Waals surface area contributed by atoms with Gasteiger partial charge in [0.05, 0.1) is 23.9 Å². The minimum Gasteiger partial charge on any atom is -0.385 e. The van der Waals surface area contributed by atoms with E-state index >= 15 is 0 Å². The van der Waals surface area contributed by atoms with Crippen molar-refractivity contribution < 1.29 is 19.3 Å². The highest BCUT2D eigenvalue weighted by Gasteiger charge is 2.37. The van der Waals surface area contributed by atoms with Crippen molar-refractivity contribution in [2.45, 2.75) is 59.7 Å². The van der Waals surface area contributed by atoms with Crippen LogP contribution in [0.25, 0.3) is 0 Å². The van der Waals surface area contributed by atoms with Crippen molar-refractivity contribution >= 4 is 11.8 Å². The van der Waals surface area contributed by atoms with Gasteiger partial charge in [-0.25, -0.2) is 0 Å². The maximum atomic E-state index is 10.9. The minimum atomic E-state index is -0.758. The maximum absolute atomic E-state index is 10.9.